The Balaban J connectivity index is 1.68. The van der Waals surface area contributed by atoms with Gasteiger partial charge in [0.05, 0.1) is 27.4 Å². The molecule has 1 aromatic heterocycles. The number of nitro benzene ring substituents is 1. The van der Waals surface area contributed by atoms with Crippen LogP contribution in [-0.4, -0.2) is 35.6 Å². The molecule has 0 spiro atoms. The summed E-state index contributed by atoms with van der Waals surface area (Å²) >= 11 is 1.25. The Bertz CT molecular complexity index is 1050. The number of nitro groups is 1. The summed E-state index contributed by atoms with van der Waals surface area (Å²) in [6.07, 6.45) is 0. The van der Waals surface area contributed by atoms with Gasteiger partial charge in [-0.2, -0.15) is 0 Å². The summed E-state index contributed by atoms with van der Waals surface area (Å²) in [5.74, 6) is -0.290. The first kappa shape index (κ1) is 20.3. The van der Waals surface area contributed by atoms with E-state index >= 15 is 0 Å². The Kier molecular flexibility index (Phi) is 6.45. The molecule has 0 radical (unpaired) electrons. The van der Waals surface area contributed by atoms with Gasteiger partial charge in [-0.05, 0) is 37.3 Å². The number of hydrogen-bond acceptors (Lipinski definition) is 9. The number of carbonyl (C=O) groups is 1. The number of azo groups is 1. The smallest absolute Gasteiger partial charge is 0.302 e. The second-order valence-corrected chi connectivity index (χ2v) is 7.05. The van der Waals surface area contributed by atoms with Crippen LogP contribution in [0, 0.1) is 10.1 Å². The molecular formula is C19H19N5O4S. The molecule has 10 heteroatoms. The molecule has 1 heterocycles. The molecule has 150 valence electrons. The topological polar surface area (TPSA) is 110 Å². The fourth-order valence-corrected chi connectivity index (χ4v) is 3.48. The largest absolute Gasteiger partial charge is 0.464 e. The summed E-state index contributed by atoms with van der Waals surface area (Å²) in [6.45, 7) is 5.14. The summed E-state index contributed by atoms with van der Waals surface area (Å²) in [4.78, 5) is 27.7. The van der Waals surface area contributed by atoms with Gasteiger partial charge < -0.3 is 9.64 Å². The van der Waals surface area contributed by atoms with Crippen molar-refractivity contribution in [3.63, 3.8) is 0 Å². The van der Waals surface area contributed by atoms with Crippen molar-refractivity contribution in [2.75, 3.05) is 24.6 Å². The predicted octanol–water partition coefficient (Wildman–Crippen LogP) is 5.01. The van der Waals surface area contributed by atoms with Crippen LogP contribution in [0.15, 0.2) is 52.7 Å². The minimum atomic E-state index is -0.437. The average Bonchev–Trinajstić information content (AvgIpc) is 3.12. The average molecular weight is 413 g/mol. The number of rotatable bonds is 8. The Hall–Kier alpha value is -3.40. The molecule has 0 saturated carbocycles. The second kappa shape index (κ2) is 9.20. The van der Waals surface area contributed by atoms with Gasteiger partial charge in [0.15, 0.2) is 0 Å². The summed E-state index contributed by atoms with van der Waals surface area (Å²) < 4.78 is 5.68. The van der Waals surface area contributed by atoms with Crippen molar-refractivity contribution in [2.45, 2.75) is 13.8 Å². The second-order valence-electron chi connectivity index (χ2n) is 6.04. The van der Waals surface area contributed by atoms with Crippen LogP contribution < -0.4 is 4.90 Å². The standard InChI is InChI=1S/C19H19N5O4S/c1-3-23(10-11-28-13(2)25)15-6-4-14(5-7-15)21-22-19-20-17-9-8-16(24(26)27)12-18(17)29-19/h4-9,12H,3,10-11H2,1-2H3. The zero-order valence-electron chi connectivity index (χ0n) is 15.9. The molecule has 2 aromatic carbocycles. The number of thiazole rings is 1. The highest BCUT2D eigenvalue weighted by atomic mass is 32.1. The summed E-state index contributed by atoms with van der Waals surface area (Å²) in [6, 6.07) is 12.0. The molecule has 0 atom stereocenters. The molecule has 0 unspecified atom stereocenters. The molecule has 29 heavy (non-hydrogen) atoms. The van der Waals surface area contributed by atoms with Crippen molar-refractivity contribution in [1.82, 2.24) is 4.98 Å². The first-order valence-electron chi connectivity index (χ1n) is 8.91. The lowest BCUT2D eigenvalue weighted by atomic mass is 10.2. The lowest BCUT2D eigenvalue weighted by molar-refractivity contribution is -0.384. The molecule has 0 fully saturated rings. The third-order valence-corrected chi connectivity index (χ3v) is 4.99. The van der Waals surface area contributed by atoms with Crippen molar-refractivity contribution < 1.29 is 14.5 Å². The molecule has 0 amide bonds. The molecule has 0 aliphatic rings. The van der Waals surface area contributed by atoms with E-state index < -0.39 is 4.92 Å². The predicted molar refractivity (Wildman–Crippen MR) is 111 cm³/mol. The van der Waals surface area contributed by atoms with E-state index in [-0.39, 0.29) is 11.7 Å². The van der Waals surface area contributed by atoms with Crippen LogP contribution in [0.3, 0.4) is 0 Å². The highest BCUT2D eigenvalue weighted by molar-refractivity contribution is 7.21. The SMILES string of the molecule is CCN(CCOC(C)=O)c1ccc(N=Nc2nc3ccc([N+](=O)[O-])cc3s2)cc1. The maximum atomic E-state index is 10.9. The van der Waals surface area contributed by atoms with E-state index in [2.05, 4.69) is 20.1 Å². The van der Waals surface area contributed by atoms with Gasteiger partial charge in [0.1, 0.15) is 6.61 Å². The van der Waals surface area contributed by atoms with Crippen LogP contribution in [0.25, 0.3) is 10.2 Å². The number of anilines is 1. The van der Waals surface area contributed by atoms with Crippen molar-refractivity contribution in [1.29, 1.82) is 0 Å². The highest BCUT2D eigenvalue weighted by Gasteiger charge is 2.10. The molecule has 0 saturated heterocycles. The quantitative estimate of drug-likeness (QED) is 0.222. The fraction of sp³-hybridized carbons (Fsp3) is 0.263. The Labute approximate surface area is 170 Å². The number of ether oxygens (including phenoxy) is 1. The first-order valence-corrected chi connectivity index (χ1v) is 9.73. The van der Waals surface area contributed by atoms with Crippen molar-refractivity contribution in [3.8, 4) is 0 Å². The van der Waals surface area contributed by atoms with E-state index in [9.17, 15) is 14.9 Å². The lowest BCUT2D eigenvalue weighted by Gasteiger charge is -2.22. The molecule has 0 aliphatic heterocycles. The van der Waals surface area contributed by atoms with E-state index in [1.165, 1.54) is 30.4 Å². The van der Waals surface area contributed by atoms with Gasteiger partial charge in [-0.1, -0.05) is 11.3 Å². The summed E-state index contributed by atoms with van der Waals surface area (Å²) in [5.41, 5.74) is 2.33. The van der Waals surface area contributed by atoms with E-state index in [0.717, 1.165) is 12.2 Å². The maximum absolute atomic E-state index is 10.9. The summed E-state index contributed by atoms with van der Waals surface area (Å²) in [7, 11) is 0. The number of nitrogens with zero attached hydrogens (tertiary/aromatic N) is 5. The number of hydrogen-bond donors (Lipinski definition) is 0. The van der Waals surface area contributed by atoms with Crippen molar-refractivity contribution >= 4 is 49.7 Å². The van der Waals surface area contributed by atoms with E-state index in [1.807, 2.05) is 31.2 Å². The van der Waals surface area contributed by atoms with Crippen molar-refractivity contribution in [3.05, 3.63) is 52.6 Å². The Morgan fingerprint density at radius 2 is 2.00 bits per heavy atom. The van der Waals surface area contributed by atoms with Gasteiger partial charge in [0, 0.05) is 31.3 Å². The van der Waals surface area contributed by atoms with Crippen LogP contribution in [0.4, 0.5) is 22.2 Å². The minimum Gasteiger partial charge on any atom is -0.464 e. The van der Waals surface area contributed by atoms with Gasteiger partial charge in [-0.25, -0.2) is 4.98 Å². The third kappa shape index (κ3) is 5.32. The number of aromatic nitrogens is 1. The normalized spacial score (nSPS) is 11.1. The summed E-state index contributed by atoms with van der Waals surface area (Å²) in [5, 5.41) is 19.6. The number of carbonyl (C=O) groups excluding carboxylic acids is 1. The first-order chi connectivity index (χ1) is 14.0. The highest BCUT2D eigenvalue weighted by Crippen LogP contribution is 2.32. The zero-order chi connectivity index (χ0) is 20.8. The molecule has 0 N–H and O–H groups in total. The fourth-order valence-electron chi connectivity index (χ4n) is 2.66. The number of likely N-dealkylation sites (N-methyl/N-ethyl adjacent to an activating group) is 1. The maximum Gasteiger partial charge on any atom is 0.302 e. The molecule has 9 nitrogen and oxygen atoms in total. The molecular weight excluding hydrogens is 394 g/mol. The number of fused-ring (bicyclic) bond motifs is 1. The van der Waals surface area contributed by atoms with Crippen LogP contribution in [0.2, 0.25) is 0 Å². The van der Waals surface area contributed by atoms with Crippen LogP contribution >= 0.6 is 11.3 Å². The number of non-ortho nitro benzene ring substituents is 1. The monoisotopic (exact) mass is 413 g/mol. The third-order valence-electron chi connectivity index (χ3n) is 4.09. The zero-order valence-corrected chi connectivity index (χ0v) is 16.8. The van der Waals surface area contributed by atoms with Crippen LogP contribution in [0.5, 0.6) is 0 Å². The van der Waals surface area contributed by atoms with Crippen LogP contribution in [0.1, 0.15) is 13.8 Å². The van der Waals surface area contributed by atoms with Gasteiger partial charge in [0.25, 0.3) is 5.69 Å². The van der Waals surface area contributed by atoms with Crippen molar-refractivity contribution in [2.24, 2.45) is 10.2 Å². The van der Waals surface area contributed by atoms with Gasteiger partial charge in [-0.15, -0.1) is 10.2 Å². The van der Waals surface area contributed by atoms with E-state index in [4.69, 9.17) is 4.74 Å². The Morgan fingerprint density at radius 1 is 1.24 bits per heavy atom. The van der Waals surface area contributed by atoms with Gasteiger partial charge in [0.2, 0.25) is 5.13 Å². The van der Waals surface area contributed by atoms with E-state index in [0.29, 0.717) is 34.2 Å². The van der Waals surface area contributed by atoms with Crippen LogP contribution in [-0.2, 0) is 9.53 Å². The lowest BCUT2D eigenvalue weighted by Crippen LogP contribution is -2.27. The van der Waals surface area contributed by atoms with Gasteiger partial charge >= 0.3 is 5.97 Å². The molecule has 3 rings (SSSR count). The minimum absolute atomic E-state index is 0.0226. The number of esters is 1. The van der Waals surface area contributed by atoms with Gasteiger partial charge in [-0.3, -0.25) is 14.9 Å². The Morgan fingerprint density at radius 3 is 2.66 bits per heavy atom. The molecule has 0 bridgehead atoms. The van der Waals surface area contributed by atoms with E-state index in [1.54, 1.807) is 6.07 Å². The molecule has 3 aromatic rings. The molecule has 0 aliphatic carbocycles. The number of benzene rings is 2.